The molecular formula is C27H29N3O4S. The minimum Gasteiger partial charge on any atom is -0.497 e. The van der Waals surface area contributed by atoms with Crippen LogP contribution in [0, 0.1) is 11.3 Å². The topological polar surface area (TPSA) is 82.9 Å². The maximum Gasteiger partial charge on any atom is 0.264 e. The summed E-state index contributed by atoms with van der Waals surface area (Å²) >= 11 is 0. The van der Waals surface area contributed by atoms with E-state index in [2.05, 4.69) is 11.0 Å². The highest BCUT2D eigenvalue weighted by Crippen LogP contribution is 2.33. The number of piperidine rings is 1. The number of anilines is 1. The molecule has 1 saturated heterocycles. The second kappa shape index (κ2) is 10.8. The van der Waals surface area contributed by atoms with E-state index in [1.54, 1.807) is 62.8 Å². The maximum atomic E-state index is 13.9. The fraction of sp³-hybridized carbons (Fsp3) is 0.296. The quantitative estimate of drug-likeness (QED) is 0.463. The number of sulfonamides is 1. The van der Waals surface area contributed by atoms with Crippen LogP contribution in [-0.4, -0.2) is 46.7 Å². The van der Waals surface area contributed by atoms with E-state index in [1.807, 2.05) is 24.3 Å². The summed E-state index contributed by atoms with van der Waals surface area (Å²) in [4.78, 5) is 2.49. The van der Waals surface area contributed by atoms with Crippen molar-refractivity contribution in [2.24, 2.45) is 0 Å². The van der Waals surface area contributed by atoms with Gasteiger partial charge in [-0.3, -0.25) is 9.21 Å². The van der Waals surface area contributed by atoms with Crippen molar-refractivity contribution in [1.82, 2.24) is 4.90 Å². The fourth-order valence-corrected chi connectivity index (χ4v) is 6.18. The summed E-state index contributed by atoms with van der Waals surface area (Å²) in [6, 6.07) is 23.3. The van der Waals surface area contributed by atoms with Gasteiger partial charge in [0.2, 0.25) is 0 Å². The Kier molecular flexibility index (Phi) is 7.59. The molecule has 0 spiro atoms. The number of hydrogen-bond acceptors (Lipinski definition) is 6. The molecule has 35 heavy (non-hydrogen) atoms. The Labute approximate surface area is 207 Å². The third-order valence-corrected chi connectivity index (χ3v) is 8.24. The van der Waals surface area contributed by atoms with Crippen LogP contribution in [0.5, 0.6) is 11.5 Å². The highest BCUT2D eigenvalue weighted by molar-refractivity contribution is 7.92. The van der Waals surface area contributed by atoms with Crippen molar-refractivity contribution in [2.45, 2.75) is 30.3 Å². The van der Waals surface area contributed by atoms with Crippen LogP contribution in [0.4, 0.5) is 5.69 Å². The third kappa shape index (κ3) is 5.42. The molecule has 4 rings (SSSR count). The number of nitrogens with zero attached hydrogens (tertiary/aromatic N) is 3. The first kappa shape index (κ1) is 24.6. The molecular weight excluding hydrogens is 462 g/mol. The third-order valence-electron chi connectivity index (χ3n) is 6.34. The molecule has 3 aromatic rings. The summed E-state index contributed by atoms with van der Waals surface area (Å²) in [5.41, 5.74) is 2.24. The van der Waals surface area contributed by atoms with Gasteiger partial charge in [-0.05, 0) is 60.9 Å². The number of benzene rings is 3. The van der Waals surface area contributed by atoms with Crippen LogP contribution in [0.1, 0.15) is 24.0 Å². The standard InChI is InChI=1S/C27H29N3O4S/c1-33-25-10-12-27(13-11-25)35(31,32)30(24-8-5-9-26(18-24)34-2)23-14-16-29(17-15-23)20-22-7-4-3-6-21(22)19-28/h3-13,18,23H,14-17,20H2,1-2H3. The molecule has 0 atom stereocenters. The molecule has 0 amide bonds. The molecule has 3 aromatic carbocycles. The van der Waals surface area contributed by atoms with E-state index >= 15 is 0 Å². The Bertz CT molecular complexity index is 1290. The van der Waals surface area contributed by atoms with E-state index < -0.39 is 10.0 Å². The number of nitriles is 1. The van der Waals surface area contributed by atoms with E-state index in [0.717, 1.165) is 18.7 Å². The Morgan fingerprint density at radius 3 is 2.29 bits per heavy atom. The van der Waals surface area contributed by atoms with E-state index in [-0.39, 0.29) is 10.9 Å². The number of hydrogen-bond donors (Lipinski definition) is 0. The lowest BCUT2D eigenvalue weighted by Crippen LogP contribution is -2.47. The predicted octanol–water partition coefficient (Wildman–Crippen LogP) is 4.44. The monoisotopic (exact) mass is 491 g/mol. The van der Waals surface area contributed by atoms with E-state index in [4.69, 9.17) is 9.47 Å². The van der Waals surface area contributed by atoms with Gasteiger partial charge in [0.1, 0.15) is 11.5 Å². The van der Waals surface area contributed by atoms with Crippen molar-refractivity contribution in [3.05, 3.63) is 83.9 Å². The molecule has 1 aliphatic heterocycles. The fourth-order valence-electron chi connectivity index (χ4n) is 4.47. The molecule has 182 valence electrons. The van der Waals surface area contributed by atoms with Gasteiger partial charge in [0.15, 0.2) is 0 Å². The molecule has 0 aromatic heterocycles. The van der Waals surface area contributed by atoms with Gasteiger partial charge in [-0.25, -0.2) is 8.42 Å². The summed E-state index contributed by atoms with van der Waals surface area (Å²) in [6.07, 6.45) is 1.34. The molecule has 0 unspecified atom stereocenters. The van der Waals surface area contributed by atoms with Crippen LogP contribution < -0.4 is 13.8 Å². The van der Waals surface area contributed by atoms with Crippen molar-refractivity contribution in [3.63, 3.8) is 0 Å². The van der Waals surface area contributed by atoms with Crippen molar-refractivity contribution >= 4 is 15.7 Å². The molecule has 0 radical (unpaired) electrons. The first-order valence-electron chi connectivity index (χ1n) is 11.5. The minimum absolute atomic E-state index is 0.211. The average Bonchev–Trinajstić information content (AvgIpc) is 2.90. The van der Waals surface area contributed by atoms with Crippen LogP contribution in [0.2, 0.25) is 0 Å². The first-order chi connectivity index (χ1) is 17.0. The zero-order valence-corrected chi connectivity index (χ0v) is 20.7. The Morgan fingerprint density at radius 1 is 0.943 bits per heavy atom. The predicted molar refractivity (Wildman–Crippen MR) is 135 cm³/mol. The molecule has 8 heteroatoms. The molecule has 1 aliphatic rings. The van der Waals surface area contributed by atoms with Gasteiger partial charge < -0.3 is 9.47 Å². The number of ether oxygens (including phenoxy) is 2. The lowest BCUT2D eigenvalue weighted by Gasteiger charge is -2.39. The van der Waals surface area contributed by atoms with Crippen molar-refractivity contribution in [3.8, 4) is 17.6 Å². The van der Waals surface area contributed by atoms with Gasteiger partial charge >= 0.3 is 0 Å². The smallest absolute Gasteiger partial charge is 0.264 e. The molecule has 0 bridgehead atoms. The molecule has 7 nitrogen and oxygen atoms in total. The van der Waals surface area contributed by atoms with Gasteiger partial charge in [-0.2, -0.15) is 5.26 Å². The van der Waals surface area contributed by atoms with E-state index in [9.17, 15) is 13.7 Å². The zero-order chi connectivity index (χ0) is 24.8. The number of methoxy groups -OCH3 is 2. The van der Waals surface area contributed by atoms with Crippen molar-refractivity contribution < 1.29 is 17.9 Å². The molecule has 1 heterocycles. The second-order valence-electron chi connectivity index (χ2n) is 8.45. The largest absolute Gasteiger partial charge is 0.497 e. The summed E-state index contributed by atoms with van der Waals surface area (Å²) < 4.78 is 39.9. The highest BCUT2D eigenvalue weighted by atomic mass is 32.2. The van der Waals surface area contributed by atoms with Crippen LogP contribution in [0.25, 0.3) is 0 Å². The molecule has 0 N–H and O–H groups in total. The van der Waals surface area contributed by atoms with Gasteiger partial charge in [-0.1, -0.05) is 24.3 Å². The van der Waals surface area contributed by atoms with Gasteiger partial charge in [0.05, 0.1) is 36.4 Å². The lowest BCUT2D eigenvalue weighted by molar-refractivity contribution is 0.206. The summed E-state index contributed by atoms with van der Waals surface area (Å²) in [5.74, 6) is 1.20. The van der Waals surface area contributed by atoms with Crippen LogP contribution >= 0.6 is 0 Å². The summed E-state index contributed by atoms with van der Waals surface area (Å²) in [7, 11) is -0.711. The van der Waals surface area contributed by atoms with E-state index in [0.29, 0.717) is 42.1 Å². The SMILES string of the molecule is COc1ccc(S(=O)(=O)N(c2cccc(OC)c2)C2CCN(Cc3ccccc3C#N)CC2)cc1. The van der Waals surface area contributed by atoms with Gasteiger partial charge in [0, 0.05) is 31.7 Å². The second-order valence-corrected chi connectivity index (χ2v) is 10.3. The summed E-state index contributed by atoms with van der Waals surface area (Å²) in [6.45, 7) is 2.12. The minimum atomic E-state index is -3.83. The zero-order valence-electron chi connectivity index (χ0n) is 19.9. The number of rotatable bonds is 8. The summed E-state index contributed by atoms with van der Waals surface area (Å²) in [5, 5.41) is 9.40. The van der Waals surface area contributed by atoms with Crippen molar-refractivity contribution in [1.29, 1.82) is 5.26 Å². The van der Waals surface area contributed by atoms with E-state index in [1.165, 1.54) is 4.31 Å². The Balaban J connectivity index is 1.60. The highest BCUT2D eigenvalue weighted by Gasteiger charge is 2.34. The molecule has 0 aliphatic carbocycles. The maximum absolute atomic E-state index is 13.9. The molecule has 0 saturated carbocycles. The normalized spacial score (nSPS) is 14.8. The van der Waals surface area contributed by atoms with Crippen molar-refractivity contribution in [2.75, 3.05) is 31.6 Å². The number of likely N-dealkylation sites (tertiary alicyclic amines) is 1. The molecule has 1 fully saturated rings. The first-order valence-corrected chi connectivity index (χ1v) is 12.9. The van der Waals surface area contributed by atoms with Gasteiger partial charge in [-0.15, -0.1) is 0 Å². The van der Waals surface area contributed by atoms with Crippen LogP contribution in [0.15, 0.2) is 77.7 Å². The average molecular weight is 492 g/mol. The van der Waals surface area contributed by atoms with Crippen LogP contribution in [-0.2, 0) is 16.6 Å². The lowest BCUT2D eigenvalue weighted by atomic mass is 10.0. The Hall–Kier alpha value is -3.54. The Morgan fingerprint density at radius 2 is 1.63 bits per heavy atom. The van der Waals surface area contributed by atoms with Crippen LogP contribution in [0.3, 0.4) is 0 Å². The van der Waals surface area contributed by atoms with Gasteiger partial charge in [0.25, 0.3) is 10.0 Å².